The van der Waals surface area contributed by atoms with Crippen LogP contribution in [-0.2, 0) is 6.54 Å². The van der Waals surface area contributed by atoms with Crippen molar-refractivity contribution in [3.8, 4) is 5.75 Å². The van der Waals surface area contributed by atoms with E-state index >= 15 is 0 Å². The highest BCUT2D eigenvalue weighted by Gasteiger charge is 2.53. The lowest BCUT2D eigenvalue weighted by Gasteiger charge is -2.38. The molecule has 5 rings (SSSR count). The Hall–Kier alpha value is -3.22. The fraction of sp³-hybridized carbons (Fsp3) is 0.333. The molecular weight excluding hydrogens is 416 g/mol. The number of benzene rings is 3. The zero-order chi connectivity index (χ0) is 22.9. The molecule has 2 aliphatic heterocycles. The Morgan fingerprint density at radius 2 is 1.61 bits per heavy atom. The Morgan fingerprint density at radius 1 is 0.939 bits per heavy atom. The van der Waals surface area contributed by atoms with Gasteiger partial charge in [0.15, 0.2) is 0 Å². The zero-order valence-corrected chi connectivity index (χ0v) is 18.6. The van der Waals surface area contributed by atoms with E-state index < -0.39 is 0 Å². The molecule has 33 heavy (non-hydrogen) atoms. The van der Waals surface area contributed by atoms with Crippen molar-refractivity contribution in [2.45, 2.75) is 49.4 Å². The highest BCUT2D eigenvalue weighted by atomic mass is 16.6. The second-order valence-corrected chi connectivity index (χ2v) is 9.09. The van der Waals surface area contributed by atoms with E-state index in [0.717, 1.165) is 17.9 Å². The lowest BCUT2D eigenvalue weighted by Crippen LogP contribution is -2.45. The van der Waals surface area contributed by atoms with Crippen LogP contribution in [0.4, 0.5) is 5.69 Å². The van der Waals surface area contributed by atoms with E-state index in [4.69, 9.17) is 4.74 Å². The van der Waals surface area contributed by atoms with Crippen molar-refractivity contribution in [3.63, 3.8) is 0 Å². The Labute approximate surface area is 193 Å². The molecule has 2 fully saturated rings. The normalized spacial score (nSPS) is 26.8. The average Bonchev–Trinajstić information content (AvgIpc) is 3.02. The van der Waals surface area contributed by atoms with Crippen LogP contribution < -0.4 is 4.74 Å². The van der Waals surface area contributed by atoms with Crippen molar-refractivity contribution < 1.29 is 14.8 Å². The minimum absolute atomic E-state index is 0.0455. The summed E-state index contributed by atoms with van der Waals surface area (Å²) in [5.41, 5.74) is 3.48. The van der Waals surface area contributed by atoms with Gasteiger partial charge >= 0.3 is 0 Å². The minimum Gasteiger partial charge on any atom is -0.497 e. The quantitative estimate of drug-likeness (QED) is 0.433. The number of methoxy groups -OCH3 is 1. The molecule has 6 nitrogen and oxygen atoms in total. The van der Waals surface area contributed by atoms with Crippen LogP contribution in [0.2, 0.25) is 0 Å². The van der Waals surface area contributed by atoms with Crippen molar-refractivity contribution in [2.75, 3.05) is 7.11 Å². The molecular formula is C27H28N2O4. The molecule has 3 aromatic carbocycles. The number of non-ortho nitro benzene ring substituents is 1. The SMILES string of the molecule is COc1ccc([C@@H]2[C@H](c3cccc([N+](=O)[O-])c3)[C@H]3C[C@H](O)C[C@@H]2N3Cc2ccccc2)cc1. The fourth-order valence-corrected chi connectivity index (χ4v) is 5.91. The average molecular weight is 445 g/mol. The first kappa shape index (κ1) is 21.6. The summed E-state index contributed by atoms with van der Waals surface area (Å²) in [5.74, 6) is 0.959. The number of hydrogen-bond donors (Lipinski definition) is 1. The van der Waals surface area contributed by atoms with Crippen molar-refractivity contribution in [1.29, 1.82) is 0 Å². The van der Waals surface area contributed by atoms with Crippen LogP contribution in [0.25, 0.3) is 0 Å². The number of aliphatic hydroxyl groups is 1. The summed E-state index contributed by atoms with van der Waals surface area (Å²) in [6.07, 6.45) is 0.964. The minimum atomic E-state index is -0.378. The molecule has 0 aromatic heterocycles. The third-order valence-electron chi connectivity index (χ3n) is 7.27. The van der Waals surface area contributed by atoms with Crippen LogP contribution in [0, 0.1) is 10.1 Å². The van der Waals surface area contributed by atoms with Gasteiger partial charge in [-0.1, -0.05) is 54.6 Å². The Balaban J connectivity index is 1.61. The third-order valence-corrected chi connectivity index (χ3v) is 7.27. The molecule has 0 unspecified atom stereocenters. The first-order chi connectivity index (χ1) is 16.0. The van der Waals surface area contributed by atoms with E-state index in [1.165, 1.54) is 11.1 Å². The van der Waals surface area contributed by atoms with Gasteiger partial charge in [-0.25, -0.2) is 0 Å². The molecule has 2 aliphatic rings. The van der Waals surface area contributed by atoms with E-state index in [1.807, 2.05) is 24.3 Å². The van der Waals surface area contributed by atoms with E-state index in [-0.39, 0.29) is 40.6 Å². The molecule has 3 aromatic rings. The van der Waals surface area contributed by atoms with Crippen molar-refractivity contribution in [2.24, 2.45) is 0 Å². The van der Waals surface area contributed by atoms with Gasteiger partial charge in [0.2, 0.25) is 0 Å². The Bertz CT molecular complexity index is 1120. The highest BCUT2D eigenvalue weighted by Crippen LogP contribution is 2.54. The molecule has 0 spiro atoms. The lowest BCUT2D eigenvalue weighted by atomic mass is 9.78. The molecule has 2 bridgehead atoms. The van der Waals surface area contributed by atoms with Gasteiger partial charge in [0, 0.05) is 42.6 Å². The molecule has 0 radical (unpaired) electrons. The predicted octanol–water partition coefficient (Wildman–Crippen LogP) is 4.88. The first-order valence-corrected chi connectivity index (χ1v) is 11.4. The number of nitro benzene ring substituents is 1. The lowest BCUT2D eigenvalue weighted by molar-refractivity contribution is -0.384. The van der Waals surface area contributed by atoms with Crippen LogP contribution >= 0.6 is 0 Å². The van der Waals surface area contributed by atoms with Gasteiger partial charge in [0.05, 0.1) is 18.1 Å². The molecule has 0 saturated carbocycles. The standard InChI is InChI=1S/C27H28N2O4/c1-33-23-12-10-19(11-13-23)26-24-15-22(30)16-25(28(24)17-18-6-3-2-4-7-18)27(26)20-8-5-9-21(14-20)29(31)32/h2-14,22,24-27,30H,15-17H2,1H3/t22-,24+,25-,26+,27-/m1/s1. The van der Waals surface area contributed by atoms with Gasteiger partial charge in [-0.2, -0.15) is 0 Å². The van der Waals surface area contributed by atoms with Gasteiger partial charge < -0.3 is 9.84 Å². The maximum absolute atomic E-state index is 11.5. The van der Waals surface area contributed by atoms with Gasteiger partial charge in [-0.3, -0.25) is 15.0 Å². The Kier molecular flexibility index (Phi) is 5.87. The number of aliphatic hydroxyl groups excluding tert-OH is 1. The van der Waals surface area contributed by atoms with Crippen LogP contribution in [0.15, 0.2) is 78.9 Å². The summed E-state index contributed by atoms with van der Waals surface area (Å²) in [6, 6.07) is 25.8. The van der Waals surface area contributed by atoms with Crippen molar-refractivity contribution in [1.82, 2.24) is 4.90 Å². The van der Waals surface area contributed by atoms with Crippen LogP contribution in [0.5, 0.6) is 5.75 Å². The van der Waals surface area contributed by atoms with E-state index in [0.29, 0.717) is 12.8 Å². The first-order valence-electron chi connectivity index (χ1n) is 11.4. The molecule has 2 heterocycles. The molecule has 0 aliphatic carbocycles. The van der Waals surface area contributed by atoms with Crippen LogP contribution in [-0.4, -0.2) is 40.2 Å². The molecule has 2 saturated heterocycles. The van der Waals surface area contributed by atoms with Crippen molar-refractivity contribution in [3.05, 3.63) is 106 Å². The van der Waals surface area contributed by atoms with Gasteiger partial charge in [-0.05, 0) is 41.7 Å². The third kappa shape index (κ3) is 4.12. The number of ether oxygens (including phenoxy) is 1. The summed E-state index contributed by atoms with van der Waals surface area (Å²) >= 11 is 0. The largest absolute Gasteiger partial charge is 0.497 e. The van der Waals surface area contributed by atoms with Crippen LogP contribution in [0.1, 0.15) is 41.4 Å². The summed E-state index contributed by atoms with van der Waals surface area (Å²) < 4.78 is 5.36. The van der Waals surface area contributed by atoms with Gasteiger partial charge in [-0.15, -0.1) is 0 Å². The monoisotopic (exact) mass is 444 g/mol. The molecule has 5 atom stereocenters. The maximum atomic E-state index is 11.5. The van der Waals surface area contributed by atoms with E-state index in [1.54, 1.807) is 25.3 Å². The van der Waals surface area contributed by atoms with Crippen molar-refractivity contribution >= 4 is 5.69 Å². The van der Waals surface area contributed by atoms with Crippen LogP contribution in [0.3, 0.4) is 0 Å². The summed E-state index contributed by atoms with van der Waals surface area (Å²) in [6.45, 7) is 0.793. The topological polar surface area (TPSA) is 75.8 Å². The number of nitro groups is 1. The Morgan fingerprint density at radius 3 is 2.24 bits per heavy atom. The smallest absolute Gasteiger partial charge is 0.269 e. The zero-order valence-electron chi connectivity index (χ0n) is 18.6. The number of hydrogen-bond acceptors (Lipinski definition) is 5. The predicted molar refractivity (Wildman–Crippen MR) is 126 cm³/mol. The fourth-order valence-electron chi connectivity index (χ4n) is 5.91. The highest BCUT2D eigenvalue weighted by molar-refractivity contribution is 5.43. The number of nitrogens with zero attached hydrogens (tertiary/aromatic N) is 2. The van der Waals surface area contributed by atoms with Gasteiger partial charge in [0.1, 0.15) is 5.75 Å². The number of rotatable bonds is 6. The second kappa shape index (κ2) is 8.96. The summed E-state index contributed by atoms with van der Waals surface area (Å²) in [5, 5.41) is 22.3. The molecule has 1 N–H and O–H groups in total. The second-order valence-electron chi connectivity index (χ2n) is 9.09. The summed E-state index contributed by atoms with van der Waals surface area (Å²) in [4.78, 5) is 13.7. The molecule has 6 heteroatoms. The number of piperidine rings is 1. The maximum Gasteiger partial charge on any atom is 0.269 e. The summed E-state index contributed by atoms with van der Waals surface area (Å²) in [7, 11) is 1.65. The van der Waals surface area contributed by atoms with Gasteiger partial charge in [0.25, 0.3) is 5.69 Å². The molecule has 170 valence electrons. The number of fused-ring (bicyclic) bond motifs is 2. The van der Waals surface area contributed by atoms with E-state index in [2.05, 4.69) is 41.3 Å². The molecule has 0 amide bonds. The van der Waals surface area contributed by atoms with E-state index in [9.17, 15) is 15.2 Å².